The lowest BCUT2D eigenvalue weighted by Gasteiger charge is -2.18. The van der Waals surface area contributed by atoms with E-state index in [0.29, 0.717) is 6.54 Å². The number of benzene rings is 2. The highest BCUT2D eigenvalue weighted by Crippen LogP contribution is 2.13. The second-order valence-corrected chi connectivity index (χ2v) is 8.20. The zero-order valence-electron chi connectivity index (χ0n) is 14.3. The highest BCUT2D eigenvalue weighted by Gasteiger charge is 2.21. The third-order valence-electron chi connectivity index (χ3n) is 4.07. The average molecular weight is 345 g/mol. The molecule has 0 saturated heterocycles. The van der Waals surface area contributed by atoms with Gasteiger partial charge in [-0.2, -0.15) is 0 Å². The lowest BCUT2D eigenvalue weighted by Crippen LogP contribution is -2.32. The number of sulfone groups is 1. The quantitative estimate of drug-likeness (QED) is 0.809. The Morgan fingerprint density at radius 2 is 1.42 bits per heavy atom. The summed E-state index contributed by atoms with van der Waals surface area (Å²) in [5.41, 5.74) is 3.76. The van der Waals surface area contributed by atoms with Crippen LogP contribution in [0.25, 0.3) is 0 Å². The van der Waals surface area contributed by atoms with Crippen molar-refractivity contribution in [2.75, 3.05) is 12.8 Å². The third-order valence-corrected chi connectivity index (χ3v) is 5.51. The van der Waals surface area contributed by atoms with Crippen molar-refractivity contribution in [1.29, 1.82) is 0 Å². The SMILES string of the molecule is Cc1ccccc1CN(C)C(=O)CS(=O)(=O)Cc1ccccc1C. The van der Waals surface area contributed by atoms with E-state index in [0.717, 1.165) is 22.3 Å². The van der Waals surface area contributed by atoms with Gasteiger partial charge in [-0.25, -0.2) is 8.42 Å². The molecule has 5 heteroatoms. The molecule has 0 atom stereocenters. The van der Waals surface area contributed by atoms with Gasteiger partial charge in [0.25, 0.3) is 0 Å². The molecule has 0 aliphatic rings. The van der Waals surface area contributed by atoms with Gasteiger partial charge in [-0.1, -0.05) is 48.5 Å². The van der Waals surface area contributed by atoms with E-state index in [2.05, 4.69) is 0 Å². The second-order valence-electron chi connectivity index (χ2n) is 6.14. The van der Waals surface area contributed by atoms with E-state index < -0.39 is 15.6 Å². The summed E-state index contributed by atoms with van der Waals surface area (Å²) in [6.07, 6.45) is 0. The molecule has 128 valence electrons. The number of nitrogens with zero attached hydrogens (tertiary/aromatic N) is 1. The number of hydrogen-bond acceptors (Lipinski definition) is 3. The van der Waals surface area contributed by atoms with Crippen LogP contribution in [0.3, 0.4) is 0 Å². The lowest BCUT2D eigenvalue weighted by atomic mass is 10.1. The molecule has 2 rings (SSSR count). The number of carbonyl (C=O) groups is 1. The fourth-order valence-electron chi connectivity index (χ4n) is 2.49. The molecule has 0 bridgehead atoms. The van der Waals surface area contributed by atoms with Crippen molar-refractivity contribution in [2.45, 2.75) is 26.1 Å². The monoisotopic (exact) mass is 345 g/mol. The molecule has 24 heavy (non-hydrogen) atoms. The van der Waals surface area contributed by atoms with Crippen molar-refractivity contribution in [3.05, 3.63) is 70.8 Å². The summed E-state index contributed by atoms with van der Waals surface area (Å²) in [7, 11) is -1.86. The van der Waals surface area contributed by atoms with Gasteiger partial charge in [0.1, 0.15) is 5.75 Å². The van der Waals surface area contributed by atoms with Crippen molar-refractivity contribution >= 4 is 15.7 Å². The standard InChI is InChI=1S/C19H23NO3S/c1-15-8-4-6-10-17(15)12-20(3)19(21)14-24(22,23)13-18-11-7-5-9-16(18)2/h4-11H,12-14H2,1-3H3. The number of amides is 1. The highest BCUT2D eigenvalue weighted by atomic mass is 32.2. The molecule has 2 aromatic carbocycles. The molecule has 0 fully saturated rings. The van der Waals surface area contributed by atoms with Gasteiger partial charge in [-0.15, -0.1) is 0 Å². The van der Waals surface area contributed by atoms with Gasteiger partial charge in [-0.05, 0) is 36.1 Å². The maximum atomic E-state index is 12.3. The molecule has 0 aromatic heterocycles. The number of rotatable bonds is 6. The van der Waals surface area contributed by atoms with E-state index in [-0.39, 0.29) is 11.7 Å². The summed E-state index contributed by atoms with van der Waals surface area (Å²) >= 11 is 0. The Bertz CT molecular complexity index is 828. The van der Waals surface area contributed by atoms with Crippen LogP contribution in [0.1, 0.15) is 22.3 Å². The van der Waals surface area contributed by atoms with Gasteiger partial charge in [0.2, 0.25) is 5.91 Å². The summed E-state index contributed by atoms with van der Waals surface area (Å²) in [4.78, 5) is 13.8. The molecule has 0 spiro atoms. The average Bonchev–Trinajstić information content (AvgIpc) is 2.51. The first kappa shape index (κ1) is 18.2. The van der Waals surface area contributed by atoms with Crippen LogP contribution >= 0.6 is 0 Å². The molecule has 0 unspecified atom stereocenters. The molecular weight excluding hydrogens is 322 g/mol. The first-order valence-corrected chi connectivity index (χ1v) is 9.64. The summed E-state index contributed by atoms with van der Waals surface area (Å²) in [5, 5.41) is 0. The van der Waals surface area contributed by atoms with Gasteiger partial charge in [0, 0.05) is 13.6 Å². The largest absolute Gasteiger partial charge is 0.341 e. The Kier molecular flexibility index (Phi) is 5.78. The molecule has 0 saturated carbocycles. The molecule has 0 N–H and O–H groups in total. The number of hydrogen-bond donors (Lipinski definition) is 0. The number of aryl methyl sites for hydroxylation is 2. The van der Waals surface area contributed by atoms with Crippen molar-refractivity contribution < 1.29 is 13.2 Å². The van der Waals surface area contributed by atoms with Crippen molar-refractivity contribution in [1.82, 2.24) is 4.90 Å². The molecule has 0 radical (unpaired) electrons. The van der Waals surface area contributed by atoms with E-state index in [4.69, 9.17) is 0 Å². The molecule has 0 aliphatic carbocycles. The van der Waals surface area contributed by atoms with Crippen molar-refractivity contribution in [2.24, 2.45) is 0 Å². The smallest absolute Gasteiger partial charge is 0.237 e. The predicted octanol–water partition coefficient (Wildman–Crippen LogP) is 2.88. The number of carbonyl (C=O) groups excluding carboxylic acids is 1. The Balaban J connectivity index is 2.02. The Morgan fingerprint density at radius 1 is 0.917 bits per heavy atom. The minimum atomic E-state index is -3.49. The molecular formula is C19H23NO3S. The maximum absolute atomic E-state index is 12.3. The van der Waals surface area contributed by atoms with E-state index >= 15 is 0 Å². The minimum absolute atomic E-state index is 0.108. The van der Waals surface area contributed by atoms with E-state index in [1.807, 2.05) is 56.3 Å². The molecule has 2 aromatic rings. The van der Waals surface area contributed by atoms with E-state index in [9.17, 15) is 13.2 Å². The lowest BCUT2D eigenvalue weighted by molar-refractivity contribution is -0.127. The molecule has 4 nitrogen and oxygen atoms in total. The minimum Gasteiger partial charge on any atom is -0.341 e. The third kappa shape index (κ3) is 4.93. The first-order valence-electron chi connectivity index (χ1n) is 7.82. The van der Waals surface area contributed by atoms with Crippen molar-refractivity contribution in [3.8, 4) is 0 Å². The van der Waals surface area contributed by atoms with Gasteiger partial charge in [-0.3, -0.25) is 4.79 Å². The van der Waals surface area contributed by atoms with Crippen LogP contribution in [0.2, 0.25) is 0 Å². The normalized spacial score (nSPS) is 11.3. The predicted molar refractivity (Wildman–Crippen MR) is 96.3 cm³/mol. The Morgan fingerprint density at radius 3 is 1.96 bits per heavy atom. The first-order chi connectivity index (χ1) is 11.3. The summed E-state index contributed by atoms with van der Waals surface area (Å²) in [6.45, 7) is 4.25. The second kappa shape index (κ2) is 7.62. The summed E-state index contributed by atoms with van der Waals surface area (Å²) in [5.74, 6) is -0.959. The fraction of sp³-hybridized carbons (Fsp3) is 0.316. The molecule has 0 heterocycles. The van der Waals surface area contributed by atoms with Crippen LogP contribution in [-0.2, 0) is 26.9 Å². The van der Waals surface area contributed by atoms with Crippen LogP contribution < -0.4 is 0 Å². The summed E-state index contributed by atoms with van der Waals surface area (Å²) in [6, 6.07) is 15.1. The topological polar surface area (TPSA) is 54.5 Å². The molecule has 1 amide bonds. The maximum Gasteiger partial charge on any atom is 0.237 e. The fourth-order valence-corrected chi connectivity index (χ4v) is 3.99. The van der Waals surface area contributed by atoms with Crippen LogP contribution in [0.4, 0.5) is 0 Å². The van der Waals surface area contributed by atoms with Crippen LogP contribution in [0, 0.1) is 13.8 Å². The Labute approximate surface area is 144 Å². The van der Waals surface area contributed by atoms with Crippen LogP contribution in [-0.4, -0.2) is 32.0 Å². The Hall–Kier alpha value is -2.14. The van der Waals surface area contributed by atoms with Crippen molar-refractivity contribution in [3.63, 3.8) is 0 Å². The van der Waals surface area contributed by atoms with Gasteiger partial charge < -0.3 is 4.90 Å². The van der Waals surface area contributed by atoms with E-state index in [1.165, 1.54) is 4.90 Å². The summed E-state index contributed by atoms with van der Waals surface area (Å²) < 4.78 is 24.7. The van der Waals surface area contributed by atoms with Gasteiger partial charge in [0.05, 0.1) is 5.75 Å². The van der Waals surface area contributed by atoms with Gasteiger partial charge in [0.15, 0.2) is 9.84 Å². The van der Waals surface area contributed by atoms with Gasteiger partial charge >= 0.3 is 0 Å². The highest BCUT2D eigenvalue weighted by molar-refractivity contribution is 7.91. The zero-order chi connectivity index (χ0) is 17.7. The zero-order valence-corrected chi connectivity index (χ0v) is 15.1. The van der Waals surface area contributed by atoms with Crippen LogP contribution in [0.15, 0.2) is 48.5 Å². The molecule has 0 aliphatic heterocycles. The van der Waals surface area contributed by atoms with E-state index in [1.54, 1.807) is 13.1 Å². The van der Waals surface area contributed by atoms with Crippen LogP contribution in [0.5, 0.6) is 0 Å².